The molecule has 7 N–H and O–H groups in total. The SMILES string of the molecule is NC(CC[P+](=O)CO)C(=O)[O-].[NH4+]. The highest BCUT2D eigenvalue weighted by atomic mass is 31.1. The van der Waals surface area contributed by atoms with E-state index in [1.807, 2.05) is 0 Å². The summed E-state index contributed by atoms with van der Waals surface area (Å²) in [5.41, 5.74) is 5.05. The van der Waals surface area contributed by atoms with Crippen molar-refractivity contribution in [1.82, 2.24) is 6.15 Å². The molecule has 0 aliphatic heterocycles. The van der Waals surface area contributed by atoms with Gasteiger partial charge < -0.3 is 26.9 Å². The Labute approximate surface area is 71.1 Å². The second kappa shape index (κ2) is 7.12. The minimum atomic E-state index is -1.70. The van der Waals surface area contributed by atoms with E-state index in [4.69, 9.17) is 10.8 Å². The zero-order chi connectivity index (χ0) is 8.85. The van der Waals surface area contributed by atoms with Gasteiger partial charge in [0.05, 0.1) is 5.97 Å². The second-order valence-electron chi connectivity index (χ2n) is 2.06. The number of carbonyl (C=O) groups excluding carboxylic acids is 1. The number of hydrogen-bond acceptors (Lipinski definition) is 5. The highest BCUT2D eigenvalue weighted by Gasteiger charge is 2.15. The fourth-order valence-corrected chi connectivity index (χ4v) is 1.18. The minimum absolute atomic E-state index is 0. The van der Waals surface area contributed by atoms with E-state index in [1.54, 1.807) is 0 Å². The number of carboxylic acid groups (broad SMARTS) is 1. The van der Waals surface area contributed by atoms with Gasteiger partial charge in [-0.05, 0) is 0 Å². The molecule has 0 amide bonds. The monoisotopic (exact) mass is 197 g/mol. The van der Waals surface area contributed by atoms with Crippen LogP contribution in [0, 0.1) is 0 Å². The molecule has 2 atom stereocenters. The van der Waals surface area contributed by atoms with Crippen molar-refractivity contribution in [2.75, 3.05) is 12.5 Å². The van der Waals surface area contributed by atoms with Crippen molar-refractivity contribution in [3.8, 4) is 0 Å². The molecule has 7 heteroatoms. The van der Waals surface area contributed by atoms with E-state index in [-0.39, 0.29) is 18.7 Å². The predicted octanol–water partition coefficient (Wildman–Crippen LogP) is -1.39. The summed E-state index contributed by atoms with van der Waals surface area (Å²) < 4.78 is 10.6. The van der Waals surface area contributed by atoms with Crippen molar-refractivity contribution in [1.29, 1.82) is 0 Å². The molecule has 0 saturated heterocycles. The zero-order valence-corrected chi connectivity index (χ0v) is 7.79. The molecule has 6 nitrogen and oxygen atoms in total. The summed E-state index contributed by atoms with van der Waals surface area (Å²) in [6.45, 7) is 0. The minimum Gasteiger partial charge on any atom is -0.548 e. The fraction of sp³-hybridized carbons (Fsp3) is 0.800. The first-order valence-corrected chi connectivity index (χ1v) is 4.70. The van der Waals surface area contributed by atoms with Crippen molar-refractivity contribution in [3.05, 3.63) is 0 Å². The number of rotatable bonds is 5. The van der Waals surface area contributed by atoms with Gasteiger partial charge in [-0.2, -0.15) is 0 Å². The average molecular weight is 197 g/mol. The Morgan fingerprint density at radius 2 is 2.17 bits per heavy atom. The largest absolute Gasteiger partial charge is 0.548 e. The summed E-state index contributed by atoms with van der Waals surface area (Å²) in [6, 6.07) is -1.08. The second-order valence-corrected chi connectivity index (χ2v) is 3.75. The van der Waals surface area contributed by atoms with Crippen LogP contribution < -0.4 is 17.0 Å². The first-order chi connectivity index (χ1) is 5.07. The highest BCUT2D eigenvalue weighted by molar-refractivity contribution is 7.44. The molecule has 0 bridgehead atoms. The van der Waals surface area contributed by atoms with E-state index in [9.17, 15) is 14.5 Å². The molecular weight excluding hydrogens is 183 g/mol. The standard InChI is InChI=1S/C5H10NO4P.H3N/c6-4(5(8)9)1-2-11(10)3-7;/h4,7H,1-3,6H2;1H3/p+1. The lowest BCUT2D eigenvalue weighted by Gasteiger charge is -2.07. The quantitative estimate of drug-likeness (QED) is 0.465. The average Bonchev–Trinajstić information content (AvgIpc) is 1.99. The Bertz CT molecular complexity index is 164. The van der Waals surface area contributed by atoms with Crippen molar-refractivity contribution in [3.63, 3.8) is 0 Å². The third-order valence-electron chi connectivity index (χ3n) is 1.15. The van der Waals surface area contributed by atoms with Gasteiger partial charge in [-0.3, -0.25) is 0 Å². The number of hydrogen-bond donors (Lipinski definition) is 3. The summed E-state index contributed by atoms with van der Waals surface area (Å²) >= 11 is 0. The van der Waals surface area contributed by atoms with Gasteiger partial charge in [0.25, 0.3) is 0 Å². The molecule has 0 aliphatic carbocycles. The number of carboxylic acids is 1. The Balaban J connectivity index is 0. The first kappa shape index (κ1) is 14.0. The van der Waals surface area contributed by atoms with E-state index in [0.717, 1.165) is 0 Å². The van der Waals surface area contributed by atoms with Gasteiger partial charge in [0.2, 0.25) is 6.35 Å². The van der Waals surface area contributed by atoms with Crippen LogP contribution >= 0.6 is 7.80 Å². The highest BCUT2D eigenvalue weighted by Crippen LogP contribution is 2.19. The van der Waals surface area contributed by atoms with Crippen molar-refractivity contribution >= 4 is 13.8 Å². The molecule has 0 aromatic heterocycles. The molecule has 0 aromatic rings. The van der Waals surface area contributed by atoms with Crippen LogP contribution in [0.4, 0.5) is 0 Å². The number of carbonyl (C=O) groups is 1. The van der Waals surface area contributed by atoms with Crippen LogP contribution in [0.3, 0.4) is 0 Å². The third kappa shape index (κ3) is 6.18. The van der Waals surface area contributed by atoms with Crippen LogP contribution in [0.25, 0.3) is 0 Å². The maximum absolute atomic E-state index is 10.6. The van der Waals surface area contributed by atoms with E-state index in [2.05, 4.69) is 0 Å². The zero-order valence-electron chi connectivity index (χ0n) is 6.90. The van der Waals surface area contributed by atoms with Gasteiger partial charge in [-0.15, -0.1) is 0 Å². The first-order valence-electron chi connectivity index (χ1n) is 3.07. The Kier molecular flexibility index (Phi) is 8.31. The number of quaternary nitrogens is 1. The number of nitrogens with two attached hydrogens (primary N) is 1. The van der Waals surface area contributed by atoms with Gasteiger partial charge in [-0.25, -0.2) is 0 Å². The molecule has 2 unspecified atom stereocenters. The lowest BCUT2D eigenvalue weighted by molar-refractivity contribution is -0.307. The van der Waals surface area contributed by atoms with Gasteiger partial charge in [0, 0.05) is 12.5 Å². The van der Waals surface area contributed by atoms with E-state index in [1.165, 1.54) is 0 Å². The molecule has 0 radical (unpaired) electrons. The molecule has 0 spiro atoms. The maximum Gasteiger partial charge on any atom is 0.366 e. The Morgan fingerprint density at radius 1 is 1.67 bits per heavy atom. The summed E-state index contributed by atoms with van der Waals surface area (Å²) in [6.07, 6.45) is -0.214. The van der Waals surface area contributed by atoms with E-state index in [0.29, 0.717) is 0 Å². The van der Waals surface area contributed by atoms with Gasteiger partial charge in [0.15, 0.2) is 0 Å². The topological polar surface area (TPSA) is 140 Å². The molecular formula is C5H14N2O4P+. The smallest absolute Gasteiger partial charge is 0.366 e. The van der Waals surface area contributed by atoms with Crippen molar-refractivity contribution in [2.45, 2.75) is 12.5 Å². The van der Waals surface area contributed by atoms with Gasteiger partial charge in [0.1, 0.15) is 6.16 Å². The molecule has 12 heavy (non-hydrogen) atoms. The van der Waals surface area contributed by atoms with Crippen LogP contribution in [0.15, 0.2) is 0 Å². The summed E-state index contributed by atoms with van der Waals surface area (Å²) in [5.74, 6) is -1.36. The number of aliphatic carboxylic acids is 1. The van der Waals surface area contributed by atoms with Gasteiger partial charge >= 0.3 is 7.80 Å². The summed E-state index contributed by atoms with van der Waals surface area (Å²) in [5, 5.41) is 18.3. The Morgan fingerprint density at radius 3 is 2.50 bits per heavy atom. The molecule has 0 saturated carbocycles. The van der Waals surface area contributed by atoms with Crippen LogP contribution in [0.2, 0.25) is 0 Å². The molecule has 72 valence electrons. The van der Waals surface area contributed by atoms with Crippen LogP contribution in [0.1, 0.15) is 6.42 Å². The lowest BCUT2D eigenvalue weighted by atomic mass is 10.2. The predicted molar refractivity (Wildman–Crippen MR) is 43.1 cm³/mol. The number of aliphatic hydroxyl groups is 1. The molecule has 0 rings (SSSR count). The van der Waals surface area contributed by atoms with Crippen LogP contribution in [-0.2, 0) is 9.36 Å². The Hall–Kier alpha value is -0.550. The normalized spacial score (nSPS) is 13.0. The summed E-state index contributed by atoms with van der Waals surface area (Å²) in [4.78, 5) is 10.0. The van der Waals surface area contributed by atoms with Crippen LogP contribution in [-0.4, -0.2) is 29.6 Å². The molecule has 0 fully saturated rings. The number of aliphatic hydroxyl groups excluding tert-OH is 1. The van der Waals surface area contributed by atoms with Crippen LogP contribution in [0.5, 0.6) is 0 Å². The summed E-state index contributed by atoms with van der Waals surface area (Å²) in [7, 11) is -1.70. The van der Waals surface area contributed by atoms with E-state index < -0.39 is 26.2 Å². The van der Waals surface area contributed by atoms with Crippen molar-refractivity contribution < 1.29 is 19.6 Å². The van der Waals surface area contributed by atoms with Gasteiger partial charge in [-0.1, -0.05) is 4.57 Å². The third-order valence-corrected chi connectivity index (χ3v) is 2.22. The lowest BCUT2D eigenvalue weighted by Crippen LogP contribution is -2.42. The van der Waals surface area contributed by atoms with E-state index >= 15 is 0 Å². The maximum atomic E-state index is 10.6. The molecule has 0 heterocycles. The molecule has 0 aromatic carbocycles. The molecule has 0 aliphatic rings. The fourth-order valence-electron chi connectivity index (χ4n) is 0.472. The van der Waals surface area contributed by atoms with Crippen molar-refractivity contribution in [2.24, 2.45) is 5.73 Å².